The first-order valence-electron chi connectivity index (χ1n) is 6.15. The molecule has 3 N–H and O–H groups in total. The molecule has 19 heavy (non-hydrogen) atoms. The quantitative estimate of drug-likeness (QED) is 0.556. The van der Waals surface area contributed by atoms with Crippen LogP contribution in [0.5, 0.6) is 0 Å². The van der Waals surface area contributed by atoms with Gasteiger partial charge < -0.3 is 0 Å². The van der Waals surface area contributed by atoms with E-state index in [0.717, 1.165) is 21.1 Å². The minimum Gasteiger partial charge on any atom is -0.271 e. The van der Waals surface area contributed by atoms with Crippen molar-refractivity contribution in [2.45, 2.75) is 25.8 Å². The highest BCUT2D eigenvalue weighted by Crippen LogP contribution is 2.37. The van der Waals surface area contributed by atoms with Crippen LogP contribution in [0.3, 0.4) is 0 Å². The Labute approximate surface area is 134 Å². The van der Waals surface area contributed by atoms with E-state index in [2.05, 4.69) is 74.5 Å². The average Bonchev–Trinajstić information content (AvgIpc) is 2.71. The number of hydrogen-bond acceptors (Lipinski definition) is 3. The lowest BCUT2D eigenvalue weighted by Gasteiger charge is -2.15. The van der Waals surface area contributed by atoms with Crippen LogP contribution in [0.4, 0.5) is 0 Å². The van der Waals surface area contributed by atoms with Gasteiger partial charge in [-0.05, 0) is 55.5 Å². The molecular weight excluding hydrogens is 388 g/mol. The van der Waals surface area contributed by atoms with E-state index in [1.807, 2.05) is 0 Å². The van der Waals surface area contributed by atoms with E-state index < -0.39 is 0 Å². The fourth-order valence-electron chi connectivity index (χ4n) is 2.07. The van der Waals surface area contributed by atoms with E-state index in [-0.39, 0.29) is 6.04 Å². The third-order valence-corrected chi connectivity index (χ3v) is 6.26. The Morgan fingerprint density at radius 2 is 2.11 bits per heavy atom. The standard InChI is InChI=1S/C14H16Br2N2S/c1-2-4-9-5-3-6-10(7-9)13(18-17)12-8-11(15)14(16)19-12/h3,5-8,13,18H,2,4,17H2,1H3. The van der Waals surface area contributed by atoms with Gasteiger partial charge in [-0.15, -0.1) is 11.3 Å². The molecule has 1 aromatic heterocycles. The van der Waals surface area contributed by atoms with Gasteiger partial charge in [0.1, 0.15) is 0 Å². The smallest absolute Gasteiger partial charge is 0.0843 e. The Balaban J connectivity index is 2.33. The fraction of sp³-hybridized carbons (Fsp3) is 0.286. The molecule has 1 aromatic carbocycles. The zero-order chi connectivity index (χ0) is 13.8. The van der Waals surface area contributed by atoms with E-state index >= 15 is 0 Å². The molecule has 0 bridgehead atoms. The Morgan fingerprint density at radius 3 is 2.68 bits per heavy atom. The number of thiophene rings is 1. The summed E-state index contributed by atoms with van der Waals surface area (Å²) in [5.41, 5.74) is 5.47. The van der Waals surface area contributed by atoms with Crippen molar-refractivity contribution in [1.82, 2.24) is 5.43 Å². The fourth-order valence-corrected chi connectivity index (χ4v) is 4.24. The molecule has 0 aliphatic rings. The molecule has 2 rings (SSSR count). The molecule has 0 aliphatic heterocycles. The number of nitrogens with one attached hydrogen (secondary N) is 1. The normalized spacial score (nSPS) is 12.6. The van der Waals surface area contributed by atoms with Crippen LogP contribution >= 0.6 is 43.2 Å². The molecule has 1 atom stereocenters. The number of hydrogen-bond donors (Lipinski definition) is 2. The highest BCUT2D eigenvalue weighted by atomic mass is 79.9. The minimum absolute atomic E-state index is 0.0319. The summed E-state index contributed by atoms with van der Waals surface area (Å²) in [6, 6.07) is 10.7. The lowest BCUT2D eigenvalue weighted by molar-refractivity contribution is 0.645. The van der Waals surface area contributed by atoms with Gasteiger partial charge in [0.25, 0.3) is 0 Å². The van der Waals surface area contributed by atoms with Crippen molar-refractivity contribution in [2.75, 3.05) is 0 Å². The molecule has 0 saturated carbocycles. The van der Waals surface area contributed by atoms with E-state index in [9.17, 15) is 0 Å². The van der Waals surface area contributed by atoms with Gasteiger partial charge in [0, 0.05) is 9.35 Å². The van der Waals surface area contributed by atoms with Crippen LogP contribution in [0.2, 0.25) is 0 Å². The number of aryl methyl sites for hydroxylation is 1. The highest BCUT2D eigenvalue weighted by Gasteiger charge is 2.16. The molecular formula is C14H16Br2N2S. The second kappa shape index (κ2) is 6.99. The summed E-state index contributed by atoms with van der Waals surface area (Å²) in [6.07, 6.45) is 2.25. The number of rotatable bonds is 5. The summed E-state index contributed by atoms with van der Waals surface area (Å²) >= 11 is 8.74. The zero-order valence-corrected chi connectivity index (χ0v) is 14.6. The molecule has 1 unspecified atom stereocenters. The molecule has 0 amide bonds. The van der Waals surface area contributed by atoms with Gasteiger partial charge in [-0.1, -0.05) is 37.6 Å². The molecule has 0 spiro atoms. The van der Waals surface area contributed by atoms with Crippen LogP contribution in [-0.4, -0.2) is 0 Å². The monoisotopic (exact) mass is 402 g/mol. The molecule has 0 radical (unpaired) electrons. The molecule has 0 saturated heterocycles. The van der Waals surface area contributed by atoms with Gasteiger partial charge in [-0.25, -0.2) is 5.43 Å². The molecule has 0 fully saturated rings. The summed E-state index contributed by atoms with van der Waals surface area (Å²) in [4.78, 5) is 1.19. The van der Waals surface area contributed by atoms with Crippen LogP contribution < -0.4 is 11.3 Å². The van der Waals surface area contributed by atoms with Gasteiger partial charge in [0.2, 0.25) is 0 Å². The number of nitrogens with two attached hydrogens (primary N) is 1. The third kappa shape index (κ3) is 3.67. The zero-order valence-electron chi connectivity index (χ0n) is 10.6. The predicted octanol–water partition coefficient (Wildman–Crippen LogP) is 4.78. The van der Waals surface area contributed by atoms with Crippen molar-refractivity contribution < 1.29 is 0 Å². The minimum atomic E-state index is 0.0319. The van der Waals surface area contributed by atoms with Gasteiger partial charge in [-0.2, -0.15) is 0 Å². The first kappa shape index (κ1) is 15.2. The van der Waals surface area contributed by atoms with Crippen molar-refractivity contribution >= 4 is 43.2 Å². The molecule has 2 nitrogen and oxygen atoms in total. The van der Waals surface area contributed by atoms with E-state index in [4.69, 9.17) is 5.84 Å². The average molecular weight is 404 g/mol. The Kier molecular flexibility index (Phi) is 5.59. The molecule has 5 heteroatoms. The summed E-state index contributed by atoms with van der Waals surface area (Å²) in [7, 11) is 0. The van der Waals surface area contributed by atoms with Crippen molar-refractivity contribution in [2.24, 2.45) is 5.84 Å². The maximum atomic E-state index is 5.75. The van der Waals surface area contributed by atoms with Gasteiger partial charge in [-0.3, -0.25) is 5.84 Å². The van der Waals surface area contributed by atoms with Crippen LogP contribution in [0.1, 0.15) is 35.4 Å². The van der Waals surface area contributed by atoms with Gasteiger partial charge in [0.05, 0.1) is 9.83 Å². The van der Waals surface area contributed by atoms with Crippen LogP contribution in [0.15, 0.2) is 38.6 Å². The Hall–Kier alpha value is -0.200. The topological polar surface area (TPSA) is 38.0 Å². The Morgan fingerprint density at radius 1 is 1.32 bits per heavy atom. The lowest BCUT2D eigenvalue weighted by Crippen LogP contribution is -2.28. The van der Waals surface area contributed by atoms with Crippen LogP contribution in [0, 0.1) is 0 Å². The van der Waals surface area contributed by atoms with E-state index in [1.165, 1.54) is 16.0 Å². The number of hydrazine groups is 1. The van der Waals surface area contributed by atoms with E-state index in [1.54, 1.807) is 11.3 Å². The first-order chi connectivity index (χ1) is 9.15. The first-order valence-corrected chi connectivity index (χ1v) is 8.55. The molecule has 2 aromatic rings. The SMILES string of the molecule is CCCc1cccc(C(NN)c2cc(Br)c(Br)s2)c1. The maximum absolute atomic E-state index is 5.75. The Bertz CT molecular complexity index is 535. The van der Waals surface area contributed by atoms with Crippen molar-refractivity contribution in [3.63, 3.8) is 0 Å². The second-order valence-corrected chi connectivity index (χ2v) is 7.62. The summed E-state index contributed by atoms with van der Waals surface area (Å²) < 4.78 is 2.16. The summed E-state index contributed by atoms with van der Waals surface area (Å²) in [5, 5.41) is 0. The third-order valence-electron chi connectivity index (χ3n) is 2.94. The maximum Gasteiger partial charge on any atom is 0.0843 e. The van der Waals surface area contributed by atoms with Crippen LogP contribution in [-0.2, 0) is 6.42 Å². The molecule has 102 valence electrons. The number of halogens is 2. The second-order valence-electron chi connectivity index (χ2n) is 4.37. The highest BCUT2D eigenvalue weighted by molar-refractivity contribution is 9.13. The predicted molar refractivity (Wildman–Crippen MR) is 89.3 cm³/mol. The van der Waals surface area contributed by atoms with Crippen molar-refractivity contribution in [3.05, 3.63) is 54.6 Å². The molecule has 1 heterocycles. The van der Waals surface area contributed by atoms with Crippen molar-refractivity contribution in [3.8, 4) is 0 Å². The summed E-state index contributed by atoms with van der Waals surface area (Å²) in [5.74, 6) is 5.75. The lowest BCUT2D eigenvalue weighted by atomic mass is 10.0. The van der Waals surface area contributed by atoms with Gasteiger partial charge >= 0.3 is 0 Å². The molecule has 0 aliphatic carbocycles. The van der Waals surface area contributed by atoms with Crippen LogP contribution in [0.25, 0.3) is 0 Å². The number of benzene rings is 1. The van der Waals surface area contributed by atoms with E-state index in [0.29, 0.717) is 0 Å². The summed E-state index contributed by atoms with van der Waals surface area (Å²) in [6.45, 7) is 2.19. The van der Waals surface area contributed by atoms with Gasteiger partial charge in [0.15, 0.2) is 0 Å². The van der Waals surface area contributed by atoms with Crippen molar-refractivity contribution in [1.29, 1.82) is 0 Å². The largest absolute Gasteiger partial charge is 0.271 e.